The van der Waals surface area contributed by atoms with E-state index in [0.717, 1.165) is 22.3 Å². The first-order chi connectivity index (χ1) is 41.7. The van der Waals surface area contributed by atoms with Crippen molar-refractivity contribution >= 4 is 48.2 Å². The fourth-order valence-electron chi connectivity index (χ4n) is 7.86. The number of benzene rings is 4. The van der Waals surface area contributed by atoms with Gasteiger partial charge in [-0.3, -0.25) is 0 Å². The maximum atomic E-state index is 12.4. The third-order valence-electron chi connectivity index (χ3n) is 12.1. The average Bonchev–Trinajstić information content (AvgIpc) is 4.59. The van der Waals surface area contributed by atoms with Crippen LogP contribution in [0.1, 0.15) is 45.0 Å². The van der Waals surface area contributed by atoms with Crippen LogP contribution in [0, 0.1) is 5.41 Å². The summed E-state index contributed by atoms with van der Waals surface area (Å²) in [5.74, 6) is -1.96. The first kappa shape index (κ1) is 61.2. The second-order valence-electron chi connectivity index (χ2n) is 19.0. The Bertz CT molecular complexity index is 2970. The van der Waals surface area contributed by atoms with Gasteiger partial charge >= 0.3 is 23.9 Å². The monoisotopic (exact) mass is 1160 g/mol. The summed E-state index contributed by atoms with van der Waals surface area (Å²) in [6, 6.07) is 37.7. The molecule has 440 valence electrons. The molecule has 24 heteroatoms. The normalized spacial score (nSPS) is 11.8. The summed E-state index contributed by atoms with van der Waals surface area (Å²) in [7, 11) is 0. The van der Waals surface area contributed by atoms with Gasteiger partial charge in [-0.15, -0.1) is 20.4 Å². The van der Waals surface area contributed by atoms with Crippen molar-refractivity contribution in [1.82, 2.24) is 60.0 Å². The number of rotatable bonds is 36. The molecule has 0 bridgehead atoms. The highest BCUT2D eigenvalue weighted by molar-refractivity contribution is 5.88. The number of hydrogen-bond acceptors (Lipinski definition) is 20. The highest BCUT2D eigenvalue weighted by atomic mass is 16.5. The van der Waals surface area contributed by atoms with Gasteiger partial charge in [0.25, 0.3) is 0 Å². The number of carbonyl (C=O) groups excluding carboxylic acids is 4. The third kappa shape index (κ3) is 22.8. The smallest absolute Gasteiger partial charge is 0.330 e. The summed E-state index contributed by atoms with van der Waals surface area (Å²) in [5, 5.41) is 33.9. The van der Waals surface area contributed by atoms with Crippen LogP contribution >= 0.6 is 0 Å². The molecule has 0 amide bonds. The Morgan fingerprint density at radius 3 is 0.788 bits per heavy atom. The topological polar surface area (TPSA) is 265 Å². The Hall–Kier alpha value is -9.88. The summed E-state index contributed by atoms with van der Waals surface area (Å²) < 4.78 is 53.2. The molecule has 0 fully saturated rings. The van der Waals surface area contributed by atoms with Gasteiger partial charge in [-0.25, -0.2) is 37.9 Å². The zero-order valence-electron chi connectivity index (χ0n) is 46.6. The maximum absolute atomic E-state index is 12.4. The fourth-order valence-corrected chi connectivity index (χ4v) is 7.86. The molecule has 0 spiro atoms. The van der Waals surface area contributed by atoms with E-state index in [1.807, 2.05) is 121 Å². The van der Waals surface area contributed by atoms with Crippen molar-refractivity contribution in [2.24, 2.45) is 5.41 Å². The van der Waals surface area contributed by atoms with Crippen molar-refractivity contribution in [3.63, 3.8) is 0 Å². The predicted octanol–water partition coefficient (Wildman–Crippen LogP) is 6.23. The van der Waals surface area contributed by atoms with Crippen molar-refractivity contribution in [2.45, 2.75) is 52.6 Å². The molecule has 0 saturated heterocycles. The van der Waals surface area contributed by atoms with Crippen LogP contribution in [0.2, 0.25) is 0 Å². The molecule has 0 aliphatic rings. The lowest BCUT2D eigenvalue weighted by Crippen LogP contribution is -2.41. The van der Waals surface area contributed by atoms with E-state index in [1.165, 1.54) is 24.3 Å². The lowest BCUT2D eigenvalue weighted by Gasteiger charge is -2.32. The molecule has 0 unspecified atom stereocenters. The van der Waals surface area contributed by atoms with Crippen molar-refractivity contribution in [1.29, 1.82) is 0 Å². The van der Waals surface area contributed by atoms with Gasteiger partial charge in [-0.1, -0.05) is 142 Å². The SMILES string of the molecule is O=C(/C=C/c1ccccc1)OCCn1cc(COCC(COCc2cn(CCOC(=O)/C=C/c3ccccc3)nn2)(COCc2cn(CCOC(=O)/C=C/c3ccccc3)nn2)COCc2cn(CCOC(=O)/C=C/c3ccccc3)nn2)nn1. The molecule has 85 heavy (non-hydrogen) atoms. The number of nitrogens with zero attached hydrogens (tertiary/aromatic N) is 12. The molecular weight excluding hydrogens is 1090 g/mol. The van der Waals surface area contributed by atoms with Gasteiger partial charge in [0.15, 0.2) is 0 Å². The molecule has 8 aromatic rings. The summed E-state index contributed by atoms with van der Waals surface area (Å²) in [4.78, 5) is 49.5. The number of carbonyl (C=O) groups is 4. The minimum absolute atomic E-state index is 0.0234. The second-order valence-corrected chi connectivity index (χ2v) is 19.0. The van der Waals surface area contributed by atoms with E-state index < -0.39 is 29.3 Å². The first-order valence-corrected chi connectivity index (χ1v) is 27.2. The molecule has 4 heterocycles. The van der Waals surface area contributed by atoms with E-state index in [2.05, 4.69) is 41.2 Å². The van der Waals surface area contributed by atoms with E-state index in [4.69, 9.17) is 37.9 Å². The van der Waals surface area contributed by atoms with Gasteiger partial charge in [0.2, 0.25) is 0 Å². The standard InChI is InChI=1S/C61H64N12O12/c74-57(25-21-49-13-5-1-6-14-49)82-33-29-70-37-53(62-66-70)41-78-45-61(46-79-42-54-38-71(67-63-54)30-34-83-58(75)26-22-50-15-7-2-8-16-50,47-80-43-55-39-72(68-64-55)31-35-84-59(76)27-23-51-17-9-3-10-18-51)48-81-44-56-40-73(69-65-56)32-36-85-60(77)28-24-52-19-11-4-12-20-52/h1-28,37-40H,29-36,41-48H2/b25-21+,26-22+,27-23+,28-24+. The Morgan fingerprint density at radius 1 is 0.341 bits per heavy atom. The summed E-state index contributed by atoms with van der Waals surface area (Å²) in [6.45, 7) is 1.48. The molecule has 8 rings (SSSR count). The summed E-state index contributed by atoms with van der Waals surface area (Å²) >= 11 is 0. The molecule has 0 atom stereocenters. The summed E-state index contributed by atoms with van der Waals surface area (Å²) in [5.41, 5.74) is 4.50. The molecule has 4 aromatic carbocycles. The van der Waals surface area contributed by atoms with Gasteiger partial charge in [-0.05, 0) is 46.6 Å². The summed E-state index contributed by atoms with van der Waals surface area (Å²) in [6.07, 6.45) is 19.0. The van der Waals surface area contributed by atoms with E-state index in [1.54, 1.807) is 67.8 Å². The number of ether oxygens (including phenoxy) is 8. The molecule has 0 saturated carbocycles. The van der Waals surface area contributed by atoms with E-state index in [-0.39, 0.29) is 105 Å². The predicted molar refractivity (Wildman–Crippen MR) is 307 cm³/mol. The molecule has 0 aliphatic carbocycles. The van der Waals surface area contributed by atoms with Crippen LogP contribution in [-0.4, -0.2) is 137 Å². The highest BCUT2D eigenvalue weighted by Crippen LogP contribution is 2.24. The van der Waals surface area contributed by atoms with Gasteiger partial charge in [0.1, 0.15) is 49.2 Å². The minimum Gasteiger partial charge on any atom is -0.461 e. The van der Waals surface area contributed by atoms with E-state index in [9.17, 15) is 19.2 Å². The Kier molecular flexibility index (Phi) is 24.4. The van der Waals surface area contributed by atoms with Gasteiger partial charge in [0.05, 0.1) is 109 Å². The maximum Gasteiger partial charge on any atom is 0.330 e. The van der Waals surface area contributed by atoms with Crippen LogP contribution in [0.3, 0.4) is 0 Å². The Morgan fingerprint density at radius 2 is 0.565 bits per heavy atom. The van der Waals surface area contributed by atoms with Crippen LogP contribution in [0.25, 0.3) is 24.3 Å². The van der Waals surface area contributed by atoms with E-state index in [0.29, 0.717) is 22.8 Å². The second kappa shape index (κ2) is 33.9. The number of esters is 4. The third-order valence-corrected chi connectivity index (χ3v) is 12.1. The van der Waals surface area contributed by atoms with Crippen molar-refractivity contribution in [3.05, 3.63) is 215 Å². The average molecular weight is 1160 g/mol. The zero-order chi connectivity index (χ0) is 59.0. The van der Waals surface area contributed by atoms with Crippen LogP contribution in [0.5, 0.6) is 0 Å². The molecule has 0 radical (unpaired) electrons. The van der Waals surface area contributed by atoms with Crippen molar-refractivity contribution in [2.75, 3.05) is 52.9 Å². The van der Waals surface area contributed by atoms with Crippen LogP contribution in [0.15, 0.2) is 170 Å². The molecule has 0 aliphatic heterocycles. The van der Waals surface area contributed by atoms with Gasteiger partial charge in [-0.2, -0.15) is 0 Å². The molecule has 24 nitrogen and oxygen atoms in total. The lowest BCUT2D eigenvalue weighted by molar-refractivity contribution is -0.138. The molecular formula is C61H64N12O12. The largest absolute Gasteiger partial charge is 0.461 e. The highest BCUT2D eigenvalue weighted by Gasteiger charge is 2.33. The number of hydrogen-bond donors (Lipinski definition) is 0. The zero-order valence-corrected chi connectivity index (χ0v) is 46.6. The minimum atomic E-state index is -1.01. The van der Waals surface area contributed by atoms with E-state index >= 15 is 0 Å². The van der Waals surface area contributed by atoms with Gasteiger partial charge in [0, 0.05) is 24.3 Å². The molecule has 0 N–H and O–H groups in total. The fraction of sp³-hybridized carbons (Fsp3) is 0.279. The van der Waals surface area contributed by atoms with Crippen molar-refractivity contribution < 1.29 is 57.1 Å². The van der Waals surface area contributed by atoms with Crippen LogP contribution in [-0.2, 0) is 110 Å². The number of aromatic nitrogens is 12. The van der Waals surface area contributed by atoms with Crippen LogP contribution in [0.4, 0.5) is 0 Å². The van der Waals surface area contributed by atoms with Crippen molar-refractivity contribution in [3.8, 4) is 0 Å². The van der Waals surface area contributed by atoms with Crippen LogP contribution < -0.4 is 0 Å². The Balaban J connectivity index is 0.897. The first-order valence-electron chi connectivity index (χ1n) is 27.2. The quantitative estimate of drug-likeness (QED) is 0.0239. The molecule has 4 aromatic heterocycles. The van der Waals surface area contributed by atoms with Gasteiger partial charge < -0.3 is 37.9 Å². The lowest BCUT2D eigenvalue weighted by atomic mass is 9.92. The Labute approximate surface area is 489 Å².